The van der Waals surface area contributed by atoms with Crippen LogP contribution in [0.25, 0.3) is 22.3 Å². The van der Waals surface area contributed by atoms with E-state index in [-0.39, 0.29) is 29.8 Å². The maximum atomic E-state index is 14.8. The van der Waals surface area contributed by atoms with E-state index in [4.69, 9.17) is 9.97 Å². The number of likely N-dealkylation sites (tertiary alicyclic amines) is 2. The maximum Gasteiger partial charge on any atom is 0.251 e. The predicted octanol–water partition coefficient (Wildman–Crippen LogP) is 6.58. The second-order valence-corrected chi connectivity index (χ2v) is 16.9. The summed E-state index contributed by atoms with van der Waals surface area (Å²) in [6, 6.07) is 15.0. The van der Waals surface area contributed by atoms with Crippen LogP contribution in [0.3, 0.4) is 0 Å². The van der Waals surface area contributed by atoms with E-state index in [9.17, 15) is 14.4 Å². The number of aromatic nitrogens is 3. The average Bonchev–Trinajstić information content (AvgIpc) is 3.77. The number of rotatable bonds is 7. The number of carbonyl (C=O) groups is 3. The Morgan fingerprint density at radius 1 is 0.962 bits per heavy atom. The molecule has 1 saturated carbocycles. The zero-order valence-corrected chi connectivity index (χ0v) is 32.1. The van der Waals surface area contributed by atoms with Crippen molar-refractivity contribution in [2.75, 3.05) is 43.4 Å². The van der Waals surface area contributed by atoms with Crippen molar-refractivity contribution in [3.8, 4) is 11.3 Å². The number of anilines is 3. The minimum absolute atomic E-state index is 0.0642. The van der Waals surface area contributed by atoms with Gasteiger partial charge in [0.2, 0.25) is 11.8 Å². The summed E-state index contributed by atoms with van der Waals surface area (Å²) in [5, 5.41) is 6.27. The van der Waals surface area contributed by atoms with Crippen molar-refractivity contribution in [1.82, 2.24) is 29.7 Å². The molecule has 3 fully saturated rings. The summed E-state index contributed by atoms with van der Waals surface area (Å²) in [7, 11) is 1.64. The lowest BCUT2D eigenvalue weighted by Crippen LogP contribution is -2.57. The molecule has 4 aromatic rings. The van der Waals surface area contributed by atoms with Crippen LogP contribution >= 0.6 is 0 Å². The van der Waals surface area contributed by atoms with Gasteiger partial charge in [-0.2, -0.15) is 0 Å². The molecule has 2 aromatic carbocycles. The van der Waals surface area contributed by atoms with Gasteiger partial charge in [-0.25, -0.2) is 9.97 Å². The number of fused-ring (bicyclic) bond motifs is 3. The third-order valence-electron chi connectivity index (χ3n) is 12.5. The van der Waals surface area contributed by atoms with Gasteiger partial charge in [-0.15, -0.1) is 0 Å². The molecule has 3 amide bonds. The molecule has 2 aromatic heterocycles. The van der Waals surface area contributed by atoms with Crippen LogP contribution in [0.15, 0.2) is 48.8 Å². The largest absolute Gasteiger partial charge is 0.355 e. The lowest BCUT2D eigenvalue weighted by molar-refractivity contribution is -0.134. The first-order valence-corrected chi connectivity index (χ1v) is 19.2. The molecule has 278 valence electrons. The molecule has 0 radical (unpaired) electrons. The molecule has 1 aliphatic carbocycles. The van der Waals surface area contributed by atoms with Gasteiger partial charge < -0.3 is 25.0 Å². The van der Waals surface area contributed by atoms with Crippen molar-refractivity contribution in [3.63, 3.8) is 0 Å². The van der Waals surface area contributed by atoms with Gasteiger partial charge in [-0.05, 0) is 100 Å². The first-order chi connectivity index (χ1) is 25.3. The number of nitrogens with zero attached hydrogens (tertiary/aromatic N) is 6. The van der Waals surface area contributed by atoms with Crippen LogP contribution < -0.4 is 15.5 Å². The molecule has 3 aliphatic heterocycles. The monoisotopic (exact) mass is 716 g/mol. The highest BCUT2D eigenvalue weighted by atomic mass is 16.2. The molecule has 0 unspecified atom stereocenters. The van der Waals surface area contributed by atoms with Gasteiger partial charge in [0.1, 0.15) is 5.52 Å². The Labute approximate surface area is 312 Å². The van der Waals surface area contributed by atoms with E-state index in [1.807, 2.05) is 42.4 Å². The molecule has 0 atom stereocenters. The van der Waals surface area contributed by atoms with Gasteiger partial charge in [-0.1, -0.05) is 32.0 Å². The lowest BCUT2D eigenvalue weighted by atomic mass is 9.73. The number of imidazole rings is 1. The van der Waals surface area contributed by atoms with Gasteiger partial charge in [-0.3, -0.25) is 19.3 Å². The molecule has 8 rings (SSSR count). The predicted molar refractivity (Wildman–Crippen MR) is 209 cm³/mol. The Morgan fingerprint density at radius 2 is 1.72 bits per heavy atom. The van der Waals surface area contributed by atoms with Gasteiger partial charge in [0.05, 0.1) is 23.0 Å². The summed E-state index contributed by atoms with van der Waals surface area (Å²) < 4.78 is 2.11. The zero-order valence-electron chi connectivity index (χ0n) is 32.1. The van der Waals surface area contributed by atoms with Crippen LogP contribution in [0.2, 0.25) is 0 Å². The molecule has 2 saturated heterocycles. The van der Waals surface area contributed by atoms with Crippen LogP contribution in [0.4, 0.5) is 17.2 Å². The third kappa shape index (κ3) is 5.97. The van der Waals surface area contributed by atoms with E-state index in [1.54, 1.807) is 14.0 Å². The second kappa shape index (κ2) is 13.0. The number of hydrogen-bond acceptors (Lipinski definition) is 7. The van der Waals surface area contributed by atoms with E-state index < -0.39 is 5.41 Å². The molecular weight excluding hydrogens is 665 g/mol. The number of piperidine rings is 1. The Morgan fingerprint density at radius 3 is 2.38 bits per heavy atom. The molecule has 2 N–H and O–H groups in total. The topological polar surface area (TPSA) is 116 Å². The Hall–Kier alpha value is -4.77. The van der Waals surface area contributed by atoms with Crippen LogP contribution in [0.1, 0.15) is 94.2 Å². The summed E-state index contributed by atoms with van der Waals surface area (Å²) in [5.41, 5.74) is 7.35. The smallest absolute Gasteiger partial charge is 0.251 e. The zero-order chi connectivity index (χ0) is 37.4. The number of carbonyl (C=O) groups excluding carboxylic acids is 3. The lowest BCUT2D eigenvalue weighted by Gasteiger charge is -2.46. The van der Waals surface area contributed by atoms with E-state index in [1.165, 1.54) is 6.42 Å². The van der Waals surface area contributed by atoms with Crippen molar-refractivity contribution in [1.29, 1.82) is 0 Å². The van der Waals surface area contributed by atoms with E-state index >= 15 is 0 Å². The fourth-order valence-electron chi connectivity index (χ4n) is 9.24. The molecular formula is C42H52N8O3. The van der Waals surface area contributed by atoms with Crippen molar-refractivity contribution >= 4 is 45.9 Å². The molecule has 53 heavy (non-hydrogen) atoms. The van der Waals surface area contributed by atoms with Gasteiger partial charge >= 0.3 is 0 Å². The van der Waals surface area contributed by atoms with Gasteiger partial charge in [0.15, 0.2) is 5.82 Å². The summed E-state index contributed by atoms with van der Waals surface area (Å²) in [4.78, 5) is 56.4. The van der Waals surface area contributed by atoms with Crippen LogP contribution in [-0.4, -0.2) is 87.4 Å². The Bertz CT molecular complexity index is 2120. The van der Waals surface area contributed by atoms with Crippen molar-refractivity contribution in [2.24, 2.45) is 5.41 Å². The fourth-order valence-corrected chi connectivity index (χ4v) is 9.24. The molecule has 11 nitrogen and oxygen atoms in total. The minimum atomic E-state index is -0.630. The van der Waals surface area contributed by atoms with Gasteiger partial charge in [0.25, 0.3) is 5.91 Å². The van der Waals surface area contributed by atoms with Crippen molar-refractivity contribution < 1.29 is 14.4 Å². The summed E-state index contributed by atoms with van der Waals surface area (Å²) in [6.07, 6.45) is 6.27. The Kier molecular flexibility index (Phi) is 8.63. The van der Waals surface area contributed by atoms with Crippen LogP contribution in [0, 0.1) is 12.3 Å². The standard InChI is InChI=1S/C42H52N8O3/c1-25(2)49-24-44-35-22-34(46-38(37(35)49)45-29-10-8-26(3)32(19-29)39(52)43-7)28-9-11-33-36(18-28)50(31-20-30(21-31)48-15-12-41(5,6)23-48)40(53)42(33)13-16-47(17-14-42)27(4)51/h8-11,18-19,22,24-25,30-31H,12-17,20-21,23H2,1-7H3,(H,43,52)(H,45,46)/t30-,31+. The van der Waals surface area contributed by atoms with Gasteiger partial charge in [0, 0.05) is 74.2 Å². The van der Waals surface area contributed by atoms with Crippen molar-refractivity contribution in [2.45, 2.75) is 97.2 Å². The molecule has 1 spiro atoms. The van der Waals surface area contributed by atoms with Crippen LogP contribution in [0.5, 0.6) is 0 Å². The molecule has 0 bridgehead atoms. The number of pyridine rings is 1. The summed E-state index contributed by atoms with van der Waals surface area (Å²) in [5.74, 6) is 0.752. The molecule has 5 heterocycles. The number of aryl methyl sites for hydroxylation is 1. The summed E-state index contributed by atoms with van der Waals surface area (Å²) >= 11 is 0. The van der Waals surface area contributed by atoms with Crippen molar-refractivity contribution in [3.05, 3.63) is 65.5 Å². The number of hydrogen-bond donors (Lipinski definition) is 2. The first kappa shape index (κ1) is 35.3. The maximum absolute atomic E-state index is 14.8. The molecule has 11 heteroatoms. The SMILES string of the molecule is CNC(=O)c1cc(Nc2nc(-c3ccc4c(c3)N([C@H]3C[C@@H](N5CCC(C)(C)C5)C3)C(=O)C43CCN(C(C)=O)CC3)cc3ncn(C(C)C)c23)ccc1C. The summed E-state index contributed by atoms with van der Waals surface area (Å²) in [6.45, 7) is 15.9. The first-order valence-electron chi connectivity index (χ1n) is 19.2. The third-order valence-corrected chi connectivity index (χ3v) is 12.5. The number of amides is 3. The Balaban J connectivity index is 1.18. The number of benzene rings is 2. The van der Waals surface area contributed by atoms with E-state index in [0.29, 0.717) is 48.8 Å². The fraction of sp³-hybridized carbons (Fsp3) is 0.500. The highest BCUT2D eigenvalue weighted by Gasteiger charge is 2.56. The number of nitrogens with one attached hydrogen (secondary N) is 2. The average molecular weight is 717 g/mol. The normalized spacial score (nSPS) is 22.1. The highest BCUT2D eigenvalue weighted by Crippen LogP contribution is 2.52. The minimum Gasteiger partial charge on any atom is -0.355 e. The highest BCUT2D eigenvalue weighted by molar-refractivity contribution is 6.09. The second-order valence-electron chi connectivity index (χ2n) is 16.9. The van der Waals surface area contributed by atoms with E-state index in [2.05, 4.69) is 70.9 Å². The molecule has 4 aliphatic rings. The quantitative estimate of drug-likeness (QED) is 0.222. The van der Waals surface area contributed by atoms with Crippen LogP contribution in [-0.2, 0) is 15.0 Å². The van der Waals surface area contributed by atoms with E-state index in [0.717, 1.165) is 70.7 Å².